The van der Waals surface area contributed by atoms with E-state index in [9.17, 15) is 10.2 Å². The molecule has 0 fully saturated rings. The van der Waals surface area contributed by atoms with Gasteiger partial charge in [-0.3, -0.25) is 0 Å². The van der Waals surface area contributed by atoms with E-state index < -0.39 is 24.9 Å². The molecule has 0 aromatic carbocycles. The SMILES string of the molecule is CC[C@@H](C)[C@H](O)C(O)C(O)CO. The lowest BCUT2D eigenvalue weighted by atomic mass is 9.95. The van der Waals surface area contributed by atoms with Gasteiger partial charge in [0.05, 0.1) is 12.7 Å². The van der Waals surface area contributed by atoms with Crippen LogP contribution in [0, 0.1) is 5.92 Å². The third-order valence-electron chi connectivity index (χ3n) is 2.16. The maximum absolute atomic E-state index is 9.37. The molecule has 0 saturated carbocycles. The first-order valence-corrected chi connectivity index (χ1v) is 4.19. The van der Waals surface area contributed by atoms with Crippen LogP contribution in [0.25, 0.3) is 0 Å². The third kappa shape index (κ3) is 3.06. The van der Waals surface area contributed by atoms with E-state index in [4.69, 9.17) is 10.2 Å². The van der Waals surface area contributed by atoms with Crippen molar-refractivity contribution in [3.63, 3.8) is 0 Å². The lowest BCUT2D eigenvalue weighted by Crippen LogP contribution is -2.42. The van der Waals surface area contributed by atoms with E-state index in [1.165, 1.54) is 0 Å². The molecule has 0 aromatic heterocycles. The lowest BCUT2D eigenvalue weighted by molar-refractivity contribution is -0.0926. The van der Waals surface area contributed by atoms with Crippen LogP contribution < -0.4 is 0 Å². The molecule has 0 aromatic rings. The van der Waals surface area contributed by atoms with Crippen molar-refractivity contribution in [1.82, 2.24) is 0 Å². The normalized spacial score (nSPS) is 21.5. The monoisotopic (exact) mass is 178 g/mol. The Balaban J connectivity index is 3.99. The van der Waals surface area contributed by atoms with E-state index in [1.54, 1.807) is 6.92 Å². The molecular formula is C8H18O4. The Morgan fingerprint density at radius 2 is 1.58 bits per heavy atom. The fourth-order valence-corrected chi connectivity index (χ4v) is 0.914. The Hall–Kier alpha value is -0.160. The molecule has 4 atom stereocenters. The second kappa shape index (κ2) is 5.48. The molecule has 0 aliphatic heterocycles. The van der Waals surface area contributed by atoms with Crippen molar-refractivity contribution >= 4 is 0 Å². The number of aliphatic hydroxyl groups excluding tert-OH is 4. The van der Waals surface area contributed by atoms with Gasteiger partial charge in [0.25, 0.3) is 0 Å². The van der Waals surface area contributed by atoms with Crippen LogP contribution in [0.2, 0.25) is 0 Å². The minimum atomic E-state index is -1.26. The fraction of sp³-hybridized carbons (Fsp3) is 1.00. The largest absolute Gasteiger partial charge is 0.394 e. The molecule has 4 heteroatoms. The van der Waals surface area contributed by atoms with Gasteiger partial charge in [0.2, 0.25) is 0 Å². The molecule has 0 aliphatic carbocycles. The molecule has 0 rings (SSSR count). The summed E-state index contributed by atoms with van der Waals surface area (Å²) in [6.45, 7) is 3.12. The standard InChI is InChI=1S/C8H18O4/c1-3-5(2)7(11)8(12)6(10)4-9/h5-12H,3-4H2,1-2H3/t5-,6?,7+,8?/m1/s1. The van der Waals surface area contributed by atoms with Crippen LogP contribution in [-0.4, -0.2) is 45.3 Å². The van der Waals surface area contributed by atoms with E-state index in [1.807, 2.05) is 6.92 Å². The van der Waals surface area contributed by atoms with Crippen LogP contribution in [0.3, 0.4) is 0 Å². The molecular weight excluding hydrogens is 160 g/mol. The summed E-state index contributed by atoms with van der Waals surface area (Å²) in [7, 11) is 0. The summed E-state index contributed by atoms with van der Waals surface area (Å²) >= 11 is 0. The molecule has 12 heavy (non-hydrogen) atoms. The predicted molar refractivity (Wildman–Crippen MR) is 44.6 cm³/mol. The average Bonchev–Trinajstić information content (AvgIpc) is 2.12. The first kappa shape index (κ1) is 11.8. The Kier molecular flexibility index (Phi) is 5.41. The minimum absolute atomic E-state index is 0.0822. The molecule has 4 N–H and O–H groups in total. The van der Waals surface area contributed by atoms with Crippen molar-refractivity contribution in [3.05, 3.63) is 0 Å². The van der Waals surface area contributed by atoms with Gasteiger partial charge in [0.15, 0.2) is 0 Å². The highest BCUT2D eigenvalue weighted by molar-refractivity contribution is 4.77. The average molecular weight is 178 g/mol. The zero-order valence-corrected chi connectivity index (χ0v) is 7.51. The van der Waals surface area contributed by atoms with Crippen molar-refractivity contribution in [1.29, 1.82) is 0 Å². The summed E-state index contributed by atoms with van der Waals surface area (Å²) in [5.74, 6) is -0.0822. The van der Waals surface area contributed by atoms with Crippen LogP contribution in [-0.2, 0) is 0 Å². The van der Waals surface area contributed by atoms with E-state index in [0.717, 1.165) is 6.42 Å². The van der Waals surface area contributed by atoms with E-state index >= 15 is 0 Å². The van der Waals surface area contributed by atoms with Crippen LogP contribution in [0.4, 0.5) is 0 Å². The van der Waals surface area contributed by atoms with Crippen molar-refractivity contribution < 1.29 is 20.4 Å². The highest BCUT2D eigenvalue weighted by Crippen LogP contribution is 2.13. The van der Waals surface area contributed by atoms with Gasteiger partial charge in [-0.05, 0) is 5.92 Å². The number of hydrogen-bond donors (Lipinski definition) is 4. The Bertz CT molecular complexity index is 104. The zero-order valence-electron chi connectivity index (χ0n) is 7.51. The Labute approximate surface area is 72.5 Å². The van der Waals surface area contributed by atoms with Gasteiger partial charge < -0.3 is 20.4 Å². The topological polar surface area (TPSA) is 80.9 Å². The summed E-state index contributed by atoms with van der Waals surface area (Å²) in [5, 5.41) is 36.1. The van der Waals surface area contributed by atoms with Gasteiger partial charge in [-0.25, -0.2) is 0 Å². The first-order chi connectivity index (χ1) is 5.54. The maximum Gasteiger partial charge on any atom is 0.108 e. The fourth-order valence-electron chi connectivity index (χ4n) is 0.914. The molecule has 4 nitrogen and oxygen atoms in total. The van der Waals surface area contributed by atoms with E-state index in [2.05, 4.69) is 0 Å². The van der Waals surface area contributed by atoms with E-state index in [0.29, 0.717) is 0 Å². The summed E-state index contributed by atoms with van der Waals surface area (Å²) in [6.07, 6.45) is -2.77. The maximum atomic E-state index is 9.37. The molecule has 0 amide bonds. The molecule has 0 heterocycles. The molecule has 0 spiro atoms. The molecule has 0 bridgehead atoms. The molecule has 0 saturated heterocycles. The quantitative estimate of drug-likeness (QED) is 0.440. The van der Waals surface area contributed by atoms with Crippen LogP contribution >= 0.6 is 0 Å². The summed E-state index contributed by atoms with van der Waals surface area (Å²) in [6, 6.07) is 0. The highest BCUT2D eigenvalue weighted by Gasteiger charge is 2.27. The van der Waals surface area contributed by atoms with Crippen molar-refractivity contribution in [2.45, 2.75) is 38.6 Å². The van der Waals surface area contributed by atoms with Crippen molar-refractivity contribution in [2.24, 2.45) is 5.92 Å². The lowest BCUT2D eigenvalue weighted by Gasteiger charge is -2.25. The molecule has 0 aliphatic rings. The summed E-state index contributed by atoms with van der Waals surface area (Å²) < 4.78 is 0. The Morgan fingerprint density at radius 1 is 1.08 bits per heavy atom. The molecule has 0 radical (unpaired) electrons. The second-order valence-electron chi connectivity index (χ2n) is 3.12. The number of rotatable bonds is 5. The van der Waals surface area contributed by atoms with Crippen LogP contribution in [0.1, 0.15) is 20.3 Å². The highest BCUT2D eigenvalue weighted by atomic mass is 16.4. The smallest absolute Gasteiger partial charge is 0.108 e. The number of hydrogen-bond acceptors (Lipinski definition) is 4. The summed E-state index contributed by atoms with van der Waals surface area (Å²) in [4.78, 5) is 0. The molecule has 2 unspecified atom stereocenters. The predicted octanol–water partition coefficient (Wildman–Crippen LogP) is -0.893. The van der Waals surface area contributed by atoms with Gasteiger partial charge >= 0.3 is 0 Å². The van der Waals surface area contributed by atoms with Gasteiger partial charge in [0.1, 0.15) is 12.2 Å². The molecule has 74 valence electrons. The van der Waals surface area contributed by atoms with Gasteiger partial charge in [-0.2, -0.15) is 0 Å². The second-order valence-corrected chi connectivity index (χ2v) is 3.12. The van der Waals surface area contributed by atoms with Crippen LogP contribution in [0.15, 0.2) is 0 Å². The zero-order chi connectivity index (χ0) is 9.72. The Morgan fingerprint density at radius 3 is 1.92 bits per heavy atom. The van der Waals surface area contributed by atoms with Crippen molar-refractivity contribution in [2.75, 3.05) is 6.61 Å². The summed E-state index contributed by atoms with van der Waals surface area (Å²) in [5.41, 5.74) is 0. The first-order valence-electron chi connectivity index (χ1n) is 4.19. The van der Waals surface area contributed by atoms with Gasteiger partial charge in [0, 0.05) is 0 Å². The third-order valence-corrected chi connectivity index (χ3v) is 2.16. The number of aliphatic hydroxyl groups is 4. The van der Waals surface area contributed by atoms with Crippen LogP contribution in [0.5, 0.6) is 0 Å². The minimum Gasteiger partial charge on any atom is -0.394 e. The van der Waals surface area contributed by atoms with E-state index in [-0.39, 0.29) is 5.92 Å². The van der Waals surface area contributed by atoms with Crippen molar-refractivity contribution in [3.8, 4) is 0 Å². The van der Waals surface area contributed by atoms with Gasteiger partial charge in [-0.15, -0.1) is 0 Å². The van der Waals surface area contributed by atoms with Gasteiger partial charge in [-0.1, -0.05) is 20.3 Å².